The van der Waals surface area contributed by atoms with E-state index in [1.54, 1.807) is 30.6 Å². The van der Waals surface area contributed by atoms with Crippen LogP contribution in [0, 0.1) is 0 Å². The molecule has 0 saturated heterocycles. The summed E-state index contributed by atoms with van der Waals surface area (Å²) >= 11 is 17.1. The van der Waals surface area contributed by atoms with Crippen LogP contribution in [0.1, 0.15) is 5.56 Å². The smallest absolute Gasteiger partial charge is 0.171 e. The molecule has 0 bridgehead atoms. The topological polar surface area (TPSA) is 37.0 Å². The Kier molecular flexibility index (Phi) is 4.96. The van der Waals surface area contributed by atoms with Gasteiger partial charge in [-0.1, -0.05) is 23.2 Å². The standard InChI is InChI=1S/C13H11Cl2N3S/c14-10-1-2-11(15)12(7-10)18-13(19)17-8-9-3-5-16-6-4-9/h1-7H,8H2,(H2,17,18,19). The van der Waals surface area contributed by atoms with Crippen LogP contribution < -0.4 is 10.6 Å². The van der Waals surface area contributed by atoms with Gasteiger partial charge in [0.15, 0.2) is 5.11 Å². The lowest BCUT2D eigenvalue weighted by molar-refractivity contribution is 0.921. The van der Waals surface area contributed by atoms with Crippen molar-refractivity contribution < 1.29 is 0 Å². The third kappa shape index (κ3) is 4.35. The van der Waals surface area contributed by atoms with E-state index in [4.69, 9.17) is 35.4 Å². The van der Waals surface area contributed by atoms with E-state index >= 15 is 0 Å². The number of benzene rings is 1. The van der Waals surface area contributed by atoms with E-state index in [-0.39, 0.29) is 0 Å². The largest absolute Gasteiger partial charge is 0.358 e. The monoisotopic (exact) mass is 311 g/mol. The van der Waals surface area contributed by atoms with Gasteiger partial charge in [0.05, 0.1) is 10.7 Å². The number of hydrogen-bond acceptors (Lipinski definition) is 2. The molecule has 2 N–H and O–H groups in total. The van der Waals surface area contributed by atoms with E-state index in [9.17, 15) is 0 Å². The summed E-state index contributed by atoms with van der Waals surface area (Å²) in [6, 6.07) is 9.01. The van der Waals surface area contributed by atoms with Gasteiger partial charge in [0.25, 0.3) is 0 Å². The van der Waals surface area contributed by atoms with Crippen LogP contribution in [-0.2, 0) is 6.54 Å². The van der Waals surface area contributed by atoms with Gasteiger partial charge >= 0.3 is 0 Å². The number of anilines is 1. The number of pyridine rings is 1. The molecular formula is C13H11Cl2N3S. The third-order valence-electron chi connectivity index (χ3n) is 2.38. The minimum atomic E-state index is 0.487. The molecule has 98 valence electrons. The van der Waals surface area contributed by atoms with Crippen LogP contribution >= 0.6 is 35.4 Å². The Hall–Kier alpha value is -1.36. The summed E-state index contributed by atoms with van der Waals surface area (Å²) in [5.41, 5.74) is 1.78. The fraction of sp³-hybridized carbons (Fsp3) is 0.0769. The summed E-state index contributed by atoms with van der Waals surface area (Å²) in [6.07, 6.45) is 3.47. The first-order chi connectivity index (χ1) is 9.15. The van der Waals surface area contributed by atoms with E-state index in [0.717, 1.165) is 5.56 Å². The number of nitrogens with one attached hydrogen (secondary N) is 2. The lowest BCUT2D eigenvalue weighted by Crippen LogP contribution is -2.28. The van der Waals surface area contributed by atoms with Gasteiger partial charge in [-0.25, -0.2) is 0 Å². The molecule has 2 rings (SSSR count). The molecule has 2 aromatic rings. The van der Waals surface area contributed by atoms with E-state index in [1.165, 1.54) is 0 Å². The van der Waals surface area contributed by atoms with Crippen LogP contribution in [0.4, 0.5) is 5.69 Å². The molecule has 0 fully saturated rings. The fourth-order valence-corrected chi connectivity index (χ4v) is 1.96. The van der Waals surface area contributed by atoms with E-state index in [1.807, 2.05) is 12.1 Å². The molecule has 0 aliphatic heterocycles. The maximum absolute atomic E-state index is 6.04. The molecule has 0 spiro atoms. The predicted octanol–water partition coefficient (Wildman–Crippen LogP) is 3.88. The van der Waals surface area contributed by atoms with Gasteiger partial charge in [0.2, 0.25) is 0 Å². The highest BCUT2D eigenvalue weighted by atomic mass is 35.5. The van der Waals surface area contributed by atoms with E-state index in [0.29, 0.717) is 27.4 Å². The molecule has 6 heteroatoms. The fourth-order valence-electron chi connectivity index (χ4n) is 1.44. The molecule has 1 heterocycles. The molecule has 0 radical (unpaired) electrons. The van der Waals surface area contributed by atoms with Gasteiger partial charge in [0, 0.05) is 24.0 Å². The van der Waals surface area contributed by atoms with Crippen molar-refractivity contribution >= 4 is 46.2 Å². The maximum atomic E-state index is 6.04. The highest BCUT2D eigenvalue weighted by Crippen LogP contribution is 2.25. The van der Waals surface area contributed by atoms with Gasteiger partial charge in [-0.2, -0.15) is 0 Å². The molecule has 0 unspecified atom stereocenters. The third-order valence-corrected chi connectivity index (χ3v) is 3.19. The first kappa shape index (κ1) is 14.1. The summed E-state index contributed by atoms with van der Waals surface area (Å²) < 4.78 is 0. The molecule has 0 aliphatic rings. The Labute approximate surface area is 127 Å². The summed E-state index contributed by atoms with van der Waals surface area (Å²) in [4.78, 5) is 3.95. The van der Waals surface area contributed by atoms with Crippen molar-refractivity contribution in [3.63, 3.8) is 0 Å². The second kappa shape index (κ2) is 6.70. The number of halogens is 2. The van der Waals surface area contributed by atoms with Crippen molar-refractivity contribution in [2.75, 3.05) is 5.32 Å². The van der Waals surface area contributed by atoms with Crippen LogP contribution in [-0.4, -0.2) is 10.1 Å². The Morgan fingerprint density at radius 1 is 1.16 bits per heavy atom. The average molecular weight is 312 g/mol. The van der Waals surface area contributed by atoms with Crippen LogP contribution in [0.2, 0.25) is 10.0 Å². The number of nitrogens with zero attached hydrogens (tertiary/aromatic N) is 1. The highest BCUT2D eigenvalue weighted by molar-refractivity contribution is 7.80. The lowest BCUT2D eigenvalue weighted by Gasteiger charge is -2.12. The number of aromatic nitrogens is 1. The molecule has 0 atom stereocenters. The second-order valence-electron chi connectivity index (χ2n) is 3.79. The Bertz CT molecular complexity index is 575. The first-order valence-electron chi connectivity index (χ1n) is 5.54. The quantitative estimate of drug-likeness (QED) is 0.844. The van der Waals surface area contributed by atoms with Crippen molar-refractivity contribution in [1.82, 2.24) is 10.3 Å². The molecule has 19 heavy (non-hydrogen) atoms. The lowest BCUT2D eigenvalue weighted by atomic mass is 10.3. The molecule has 1 aromatic carbocycles. The first-order valence-corrected chi connectivity index (χ1v) is 6.70. The van der Waals surface area contributed by atoms with E-state index < -0.39 is 0 Å². The Balaban J connectivity index is 1.93. The van der Waals surface area contributed by atoms with Crippen LogP contribution in [0.5, 0.6) is 0 Å². The predicted molar refractivity (Wildman–Crippen MR) is 83.8 cm³/mol. The number of rotatable bonds is 3. The zero-order valence-electron chi connectivity index (χ0n) is 9.86. The molecular weight excluding hydrogens is 301 g/mol. The molecule has 0 saturated carbocycles. The molecule has 3 nitrogen and oxygen atoms in total. The summed E-state index contributed by atoms with van der Waals surface area (Å²) in [7, 11) is 0. The van der Waals surface area contributed by atoms with Crippen molar-refractivity contribution in [1.29, 1.82) is 0 Å². The summed E-state index contributed by atoms with van der Waals surface area (Å²) in [5.74, 6) is 0. The van der Waals surface area contributed by atoms with Crippen molar-refractivity contribution in [2.45, 2.75) is 6.54 Å². The van der Waals surface area contributed by atoms with Gasteiger partial charge < -0.3 is 10.6 Å². The SMILES string of the molecule is S=C(NCc1ccncc1)Nc1cc(Cl)ccc1Cl. The highest BCUT2D eigenvalue weighted by Gasteiger charge is 2.03. The Morgan fingerprint density at radius 3 is 2.63 bits per heavy atom. The minimum absolute atomic E-state index is 0.487. The van der Waals surface area contributed by atoms with Crippen LogP contribution in [0.15, 0.2) is 42.7 Å². The van der Waals surface area contributed by atoms with Gasteiger partial charge in [-0.05, 0) is 48.1 Å². The maximum Gasteiger partial charge on any atom is 0.171 e. The minimum Gasteiger partial charge on any atom is -0.358 e. The zero-order valence-corrected chi connectivity index (χ0v) is 12.2. The molecule has 1 aromatic heterocycles. The van der Waals surface area contributed by atoms with Crippen molar-refractivity contribution in [3.05, 3.63) is 58.3 Å². The van der Waals surface area contributed by atoms with E-state index in [2.05, 4.69) is 15.6 Å². The summed E-state index contributed by atoms with van der Waals surface area (Å²) in [6.45, 7) is 0.618. The van der Waals surface area contributed by atoms with Gasteiger partial charge in [-0.3, -0.25) is 4.98 Å². The normalized spacial score (nSPS) is 10.0. The van der Waals surface area contributed by atoms with Crippen molar-refractivity contribution in [2.24, 2.45) is 0 Å². The van der Waals surface area contributed by atoms with Gasteiger partial charge in [0.1, 0.15) is 0 Å². The molecule has 0 aliphatic carbocycles. The van der Waals surface area contributed by atoms with Gasteiger partial charge in [-0.15, -0.1) is 0 Å². The zero-order chi connectivity index (χ0) is 13.7. The summed E-state index contributed by atoms with van der Waals surface area (Å²) in [5, 5.41) is 7.75. The number of thiocarbonyl (C=S) groups is 1. The Morgan fingerprint density at radius 2 is 1.89 bits per heavy atom. The van der Waals surface area contributed by atoms with Crippen LogP contribution in [0.25, 0.3) is 0 Å². The second-order valence-corrected chi connectivity index (χ2v) is 5.04. The molecule has 0 amide bonds. The van der Waals surface area contributed by atoms with Crippen molar-refractivity contribution in [3.8, 4) is 0 Å². The van der Waals surface area contributed by atoms with Crippen LogP contribution in [0.3, 0.4) is 0 Å². The average Bonchev–Trinajstić information content (AvgIpc) is 2.42. The number of hydrogen-bond donors (Lipinski definition) is 2.